The van der Waals surface area contributed by atoms with Gasteiger partial charge >= 0.3 is 0 Å². The van der Waals surface area contributed by atoms with Crippen molar-refractivity contribution in [1.82, 2.24) is 4.57 Å². The zero-order valence-corrected chi connectivity index (χ0v) is 10.7. The van der Waals surface area contributed by atoms with Crippen molar-refractivity contribution in [1.29, 1.82) is 0 Å². The number of pyridine rings is 1. The van der Waals surface area contributed by atoms with Gasteiger partial charge in [-0.15, -0.1) is 0 Å². The zero-order valence-electron chi connectivity index (χ0n) is 9.89. The van der Waals surface area contributed by atoms with Crippen LogP contribution in [0.25, 0.3) is 0 Å². The van der Waals surface area contributed by atoms with Crippen LogP contribution in [0.15, 0.2) is 23.1 Å². The van der Waals surface area contributed by atoms with E-state index in [4.69, 9.17) is 18.0 Å². The van der Waals surface area contributed by atoms with Gasteiger partial charge in [0.15, 0.2) is 0 Å². The Labute approximate surface area is 107 Å². The average molecular weight is 250 g/mol. The van der Waals surface area contributed by atoms with E-state index in [1.54, 1.807) is 10.6 Å². The van der Waals surface area contributed by atoms with Crippen molar-refractivity contribution in [2.24, 2.45) is 11.7 Å². The third-order valence-corrected chi connectivity index (χ3v) is 3.69. The number of aromatic nitrogens is 1. The lowest BCUT2D eigenvalue weighted by Gasteiger charge is -2.22. The fourth-order valence-corrected chi connectivity index (χ4v) is 2.67. The molecule has 2 N–H and O–H groups in total. The molecule has 0 bridgehead atoms. The maximum atomic E-state index is 12.1. The SMILES string of the molecule is NC(=S)c1cccn(CC2CCCCC2)c1=O. The van der Waals surface area contributed by atoms with Crippen LogP contribution in [0.5, 0.6) is 0 Å². The van der Waals surface area contributed by atoms with Crippen molar-refractivity contribution in [3.8, 4) is 0 Å². The molecule has 0 saturated heterocycles. The molecule has 2 rings (SSSR count). The number of hydrogen-bond acceptors (Lipinski definition) is 2. The molecular weight excluding hydrogens is 232 g/mol. The number of nitrogens with zero attached hydrogens (tertiary/aromatic N) is 1. The molecule has 17 heavy (non-hydrogen) atoms. The predicted octanol–water partition coefficient (Wildman–Crippen LogP) is 2.06. The van der Waals surface area contributed by atoms with E-state index >= 15 is 0 Å². The number of nitrogens with two attached hydrogens (primary N) is 1. The molecule has 3 nitrogen and oxygen atoms in total. The van der Waals surface area contributed by atoms with E-state index in [1.807, 2.05) is 12.3 Å². The van der Waals surface area contributed by atoms with E-state index in [0.29, 0.717) is 11.5 Å². The largest absolute Gasteiger partial charge is 0.389 e. The second kappa shape index (κ2) is 5.45. The molecule has 1 fully saturated rings. The molecule has 1 aromatic heterocycles. The van der Waals surface area contributed by atoms with Gasteiger partial charge in [0.1, 0.15) is 4.99 Å². The van der Waals surface area contributed by atoms with Crippen molar-refractivity contribution >= 4 is 17.2 Å². The summed E-state index contributed by atoms with van der Waals surface area (Å²) in [6, 6.07) is 3.54. The van der Waals surface area contributed by atoms with Gasteiger partial charge in [-0.2, -0.15) is 0 Å². The first-order chi connectivity index (χ1) is 8.18. The fourth-order valence-electron chi connectivity index (χ4n) is 2.52. The number of thiocarbonyl (C=S) groups is 1. The summed E-state index contributed by atoms with van der Waals surface area (Å²) >= 11 is 4.88. The Bertz CT molecular complexity index is 461. The third-order valence-electron chi connectivity index (χ3n) is 3.47. The third kappa shape index (κ3) is 2.94. The van der Waals surface area contributed by atoms with Crippen LogP contribution in [0, 0.1) is 5.92 Å². The molecule has 0 aliphatic heterocycles. The van der Waals surface area contributed by atoms with Crippen LogP contribution in [0.2, 0.25) is 0 Å². The highest BCUT2D eigenvalue weighted by molar-refractivity contribution is 7.80. The lowest BCUT2D eigenvalue weighted by atomic mass is 9.89. The lowest BCUT2D eigenvalue weighted by molar-refractivity contribution is 0.316. The molecule has 1 aromatic rings. The van der Waals surface area contributed by atoms with Crippen LogP contribution in [0.4, 0.5) is 0 Å². The maximum absolute atomic E-state index is 12.1. The first-order valence-corrected chi connectivity index (χ1v) is 6.58. The standard InChI is InChI=1S/C13H18N2OS/c14-12(17)11-7-4-8-15(13(11)16)9-10-5-2-1-3-6-10/h4,7-8,10H,1-3,5-6,9H2,(H2,14,17). The minimum Gasteiger partial charge on any atom is -0.389 e. The molecule has 0 radical (unpaired) electrons. The fraction of sp³-hybridized carbons (Fsp3) is 0.538. The van der Waals surface area contributed by atoms with Crippen LogP contribution >= 0.6 is 12.2 Å². The molecule has 0 aromatic carbocycles. The molecule has 1 heterocycles. The topological polar surface area (TPSA) is 48.0 Å². The summed E-state index contributed by atoms with van der Waals surface area (Å²) in [5.74, 6) is 0.628. The van der Waals surface area contributed by atoms with Gasteiger partial charge in [0.2, 0.25) is 0 Å². The van der Waals surface area contributed by atoms with Gasteiger partial charge in [-0.05, 0) is 30.9 Å². The highest BCUT2D eigenvalue weighted by Gasteiger charge is 2.15. The van der Waals surface area contributed by atoms with Crippen molar-refractivity contribution in [2.45, 2.75) is 38.6 Å². The normalized spacial score (nSPS) is 16.9. The minimum atomic E-state index is -0.0504. The molecule has 0 unspecified atom stereocenters. The van der Waals surface area contributed by atoms with E-state index in [9.17, 15) is 4.79 Å². The Balaban J connectivity index is 2.18. The Hall–Kier alpha value is -1.16. The first kappa shape index (κ1) is 12.3. The van der Waals surface area contributed by atoms with E-state index < -0.39 is 0 Å². The van der Waals surface area contributed by atoms with Gasteiger partial charge in [-0.1, -0.05) is 31.5 Å². The summed E-state index contributed by atoms with van der Waals surface area (Å²) < 4.78 is 1.75. The van der Waals surface area contributed by atoms with Crippen molar-refractivity contribution in [3.63, 3.8) is 0 Å². The summed E-state index contributed by atoms with van der Waals surface area (Å²) in [5.41, 5.74) is 5.94. The number of hydrogen-bond donors (Lipinski definition) is 1. The van der Waals surface area contributed by atoms with Crippen molar-refractivity contribution in [3.05, 3.63) is 34.2 Å². The quantitative estimate of drug-likeness (QED) is 0.835. The molecule has 92 valence electrons. The summed E-state index contributed by atoms with van der Waals surface area (Å²) in [7, 11) is 0. The molecule has 1 saturated carbocycles. The van der Waals surface area contributed by atoms with Gasteiger partial charge in [-0.25, -0.2) is 0 Å². The Kier molecular flexibility index (Phi) is 3.94. The van der Waals surface area contributed by atoms with Gasteiger partial charge < -0.3 is 10.3 Å². The summed E-state index contributed by atoms with van der Waals surface area (Å²) in [4.78, 5) is 12.3. The molecule has 0 amide bonds. The monoisotopic (exact) mass is 250 g/mol. The summed E-state index contributed by atoms with van der Waals surface area (Å²) in [6.45, 7) is 0.801. The van der Waals surface area contributed by atoms with Gasteiger partial charge in [0, 0.05) is 12.7 Å². The van der Waals surface area contributed by atoms with Crippen LogP contribution < -0.4 is 11.3 Å². The Morgan fingerprint density at radius 1 is 1.41 bits per heavy atom. The maximum Gasteiger partial charge on any atom is 0.260 e. The molecule has 0 spiro atoms. The molecular formula is C13H18N2OS. The lowest BCUT2D eigenvalue weighted by Crippen LogP contribution is -2.30. The van der Waals surface area contributed by atoms with Crippen LogP contribution in [0.1, 0.15) is 37.7 Å². The second-order valence-corrected chi connectivity index (χ2v) is 5.19. The second-order valence-electron chi connectivity index (χ2n) is 4.75. The molecule has 0 atom stereocenters. The van der Waals surface area contributed by atoms with E-state index in [-0.39, 0.29) is 10.5 Å². The van der Waals surface area contributed by atoms with Crippen molar-refractivity contribution < 1.29 is 0 Å². The van der Waals surface area contributed by atoms with Crippen molar-refractivity contribution in [2.75, 3.05) is 0 Å². The van der Waals surface area contributed by atoms with E-state index in [0.717, 1.165) is 6.54 Å². The minimum absolute atomic E-state index is 0.0504. The van der Waals surface area contributed by atoms with Crippen LogP contribution in [-0.2, 0) is 6.54 Å². The highest BCUT2D eigenvalue weighted by atomic mass is 32.1. The van der Waals surface area contributed by atoms with E-state index in [2.05, 4.69) is 0 Å². The highest BCUT2D eigenvalue weighted by Crippen LogP contribution is 2.24. The smallest absolute Gasteiger partial charge is 0.260 e. The number of rotatable bonds is 3. The van der Waals surface area contributed by atoms with Gasteiger partial charge in [0.25, 0.3) is 5.56 Å². The zero-order chi connectivity index (χ0) is 12.3. The average Bonchev–Trinajstić information content (AvgIpc) is 2.33. The first-order valence-electron chi connectivity index (χ1n) is 6.18. The molecule has 4 heteroatoms. The van der Waals surface area contributed by atoms with Crippen LogP contribution in [-0.4, -0.2) is 9.56 Å². The Morgan fingerprint density at radius 3 is 2.76 bits per heavy atom. The molecule has 1 aliphatic rings. The van der Waals surface area contributed by atoms with Gasteiger partial charge in [0.05, 0.1) is 5.56 Å². The predicted molar refractivity (Wildman–Crippen MR) is 73.2 cm³/mol. The molecule has 1 aliphatic carbocycles. The Morgan fingerprint density at radius 2 is 2.12 bits per heavy atom. The van der Waals surface area contributed by atoms with E-state index in [1.165, 1.54) is 32.1 Å². The summed E-state index contributed by atoms with van der Waals surface area (Å²) in [6.07, 6.45) is 8.19. The summed E-state index contributed by atoms with van der Waals surface area (Å²) in [5, 5.41) is 0. The van der Waals surface area contributed by atoms with Gasteiger partial charge in [-0.3, -0.25) is 4.79 Å². The van der Waals surface area contributed by atoms with Crippen LogP contribution in [0.3, 0.4) is 0 Å².